The van der Waals surface area contributed by atoms with Gasteiger partial charge in [0.15, 0.2) is 4.77 Å². The van der Waals surface area contributed by atoms with Crippen molar-refractivity contribution in [2.24, 2.45) is 0 Å². The molecule has 6 nitrogen and oxygen atoms in total. The highest BCUT2D eigenvalue weighted by Crippen LogP contribution is 2.22. The van der Waals surface area contributed by atoms with Crippen molar-refractivity contribution in [2.75, 3.05) is 0 Å². The van der Waals surface area contributed by atoms with E-state index in [4.69, 9.17) is 17.2 Å². The number of benzene rings is 2. The highest BCUT2D eigenvalue weighted by Gasteiger charge is 2.18. The predicted molar refractivity (Wildman–Crippen MR) is 116 cm³/mol. The molecule has 2 aromatic heterocycles. The Balaban J connectivity index is 1.84. The Kier molecular flexibility index (Phi) is 5.14. The molecule has 0 aliphatic rings. The van der Waals surface area contributed by atoms with Gasteiger partial charge in [0.05, 0.1) is 16.6 Å². The largest absolute Gasteiger partial charge is 0.494 e. The summed E-state index contributed by atoms with van der Waals surface area (Å²) in [7, 11) is 0. The summed E-state index contributed by atoms with van der Waals surface area (Å²) < 4.78 is 3.68. The number of H-pyrrole nitrogens is 1. The van der Waals surface area contributed by atoms with E-state index >= 15 is 0 Å². The first-order valence-electron chi connectivity index (χ1n) is 9.22. The Labute approximate surface area is 172 Å². The van der Waals surface area contributed by atoms with E-state index in [1.165, 1.54) is 4.57 Å². The van der Waals surface area contributed by atoms with Gasteiger partial charge in [-0.15, -0.1) is 6.58 Å². The number of hydrogen-bond donors (Lipinski definition) is 2. The molecule has 0 atom stereocenters. The monoisotopic (exact) mass is 404 g/mol. The second-order valence-electron chi connectivity index (χ2n) is 6.73. The van der Waals surface area contributed by atoms with E-state index in [0.717, 1.165) is 16.6 Å². The second kappa shape index (κ2) is 7.89. The normalized spacial score (nSPS) is 11.0. The van der Waals surface area contributed by atoms with E-state index in [0.29, 0.717) is 18.9 Å². The van der Waals surface area contributed by atoms with Gasteiger partial charge in [0.2, 0.25) is 5.88 Å². The number of allylic oxidation sites excluding steroid dienone is 1. The van der Waals surface area contributed by atoms with Gasteiger partial charge in [0.1, 0.15) is 5.82 Å². The van der Waals surface area contributed by atoms with Gasteiger partial charge >= 0.3 is 0 Å². The van der Waals surface area contributed by atoms with Crippen LogP contribution in [-0.4, -0.2) is 24.2 Å². The smallest absolute Gasteiger partial charge is 0.259 e. The van der Waals surface area contributed by atoms with Crippen molar-refractivity contribution in [3.8, 4) is 5.88 Å². The van der Waals surface area contributed by atoms with E-state index in [1.807, 2.05) is 54.6 Å². The minimum atomic E-state index is -0.411. The van der Waals surface area contributed by atoms with Crippen LogP contribution in [0.4, 0.5) is 0 Å². The fourth-order valence-electron chi connectivity index (χ4n) is 3.42. The summed E-state index contributed by atoms with van der Waals surface area (Å²) in [5.41, 5.74) is 2.75. The standard InChI is InChI=1S/C22H20N4O2S/c1-2-12-25-21(28)16(20(27)24-22(25)29)13-19-23-17-10-6-7-11-18(17)26(19)14-15-8-4-3-5-9-15/h2-11,28H,1,12-14H2,(H,24,27,29). The van der Waals surface area contributed by atoms with Crippen LogP contribution in [0.15, 0.2) is 72.0 Å². The highest BCUT2D eigenvalue weighted by molar-refractivity contribution is 7.71. The van der Waals surface area contributed by atoms with Gasteiger partial charge in [-0.25, -0.2) is 4.98 Å². The molecule has 0 fully saturated rings. The second-order valence-corrected chi connectivity index (χ2v) is 7.11. The number of hydrogen-bond acceptors (Lipinski definition) is 4. The zero-order valence-electron chi connectivity index (χ0n) is 15.7. The van der Waals surface area contributed by atoms with Crippen LogP contribution in [0.3, 0.4) is 0 Å². The minimum Gasteiger partial charge on any atom is -0.494 e. The SMILES string of the molecule is C=CCn1c(O)c(Cc2nc3ccccc3n2Cc2ccccc2)c(=O)[nH]c1=S. The first kappa shape index (κ1) is 18.9. The van der Waals surface area contributed by atoms with Crippen molar-refractivity contribution in [1.29, 1.82) is 0 Å². The van der Waals surface area contributed by atoms with Crippen molar-refractivity contribution < 1.29 is 5.11 Å². The van der Waals surface area contributed by atoms with Crippen molar-refractivity contribution in [3.05, 3.63) is 99.3 Å². The number of aromatic nitrogens is 4. The number of nitrogens with zero attached hydrogens (tertiary/aromatic N) is 3. The van der Waals surface area contributed by atoms with Gasteiger partial charge in [-0.3, -0.25) is 14.3 Å². The van der Waals surface area contributed by atoms with E-state index in [2.05, 4.69) is 16.1 Å². The number of fused-ring (bicyclic) bond motifs is 1. The summed E-state index contributed by atoms with van der Waals surface area (Å²) in [6, 6.07) is 17.9. The molecule has 29 heavy (non-hydrogen) atoms. The number of para-hydroxylation sites is 2. The highest BCUT2D eigenvalue weighted by atomic mass is 32.1. The van der Waals surface area contributed by atoms with Gasteiger partial charge < -0.3 is 9.67 Å². The van der Waals surface area contributed by atoms with Crippen molar-refractivity contribution >= 4 is 23.3 Å². The fraction of sp³-hybridized carbons (Fsp3) is 0.136. The average molecular weight is 404 g/mol. The van der Waals surface area contributed by atoms with Crippen LogP contribution < -0.4 is 5.56 Å². The molecule has 0 bridgehead atoms. The van der Waals surface area contributed by atoms with Crippen LogP contribution in [0.2, 0.25) is 0 Å². The Hall–Kier alpha value is -3.45. The molecule has 0 aliphatic heterocycles. The van der Waals surface area contributed by atoms with Gasteiger partial charge in [-0.05, 0) is 29.9 Å². The Bertz CT molecular complexity index is 1300. The Morgan fingerprint density at radius 1 is 1.10 bits per heavy atom. The lowest BCUT2D eigenvalue weighted by Gasteiger charge is -2.13. The van der Waals surface area contributed by atoms with E-state index < -0.39 is 5.56 Å². The predicted octanol–water partition coefficient (Wildman–Crippen LogP) is 3.79. The number of rotatable bonds is 6. The molecule has 0 unspecified atom stereocenters. The molecule has 0 aliphatic carbocycles. The average Bonchev–Trinajstić information content (AvgIpc) is 3.06. The van der Waals surface area contributed by atoms with Crippen LogP contribution >= 0.6 is 12.2 Å². The molecule has 2 heterocycles. The molecule has 4 rings (SSSR count). The quantitative estimate of drug-likeness (QED) is 0.379. The number of nitrogens with one attached hydrogen (secondary N) is 1. The minimum absolute atomic E-state index is 0.156. The summed E-state index contributed by atoms with van der Waals surface area (Å²) in [5.74, 6) is 0.537. The summed E-state index contributed by atoms with van der Waals surface area (Å²) in [6.45, 7) is 4.59. The third-order valence-corrected chi connectivity index (χ3v) is 5.15. The summed E-state index contributed by atoms with van der Waals surface area (Å²) in [4.78, 5) is 19.9. The van der Waals surface area contributed by atoms with E-state index in [9.17, 15) is 9.90 Å². The van der Waals surface area contributed by atoms with E-state index in [-0.39, 0.29) is 22.6 Å². The Morgan fingerprint density at radius 2 is 1.83 bits per heavy atom. The third-order valence-electron chi connectivity index (χ3n) is 4.83. The molecule has 0 amide bonds. The van der Waals surface area contributed by atoms with Gasteiger partial charge in [0, 0.05) is 19.5 Å². The lowest BCUT2D eigenvalue weighted by atomic mass is 10.2. The number of imidazole rings is 1. The van der Waals surface area contributed by atoms with Crippen molar-refractivity contribution in [2.45, 2.75) is 19.5 Å². The van der Waals surface area contributed by atoms with Crippen LogP contribution in [0.1, 0.15) is 17.0 Å². The van der Waals surface area contributed by atoms with E-state index in [1.54, 1.807) is 6.08 Å². The molecule has 2 aromatic carbocycles. The first-order chi connectivity index (χ1) is 14.1. The zero-order valence-corrected chi connectivity index (χ0v) is 16.5. The zero-order chi connectivity index (χ0) is 20.4. The molecule has 2 N–H and O–H groups in total. The Morgan fingerprint density at radius 3 is 2.59 bits per heavy atom. The molecule has 0 saturated carbocycles. The maximum Gasteiger partial charge on any atom is 0.259 e. The fourth-order valence-corrected chi connectivity index (χ4v) is 3.67. The maximum absolute atomic E-state index is 12.5. The van der Waals surface area contributed by atoms with Gasteiger partial charge in [0.25, 0.3) is 5.56 Å². The lowest BCUT2D eigenvalue weighted by molar-refractivity contribution is 0.407. The third kappa shape index (κ3) is 3.64. The maximum atomic E-state index is 12.5. The molecule has 146 valence electrons. The molecule has 0 radical (unpaired) electrons. The molecule has 4 aromatic rings. The lowest BCUT2D eigenvalue weighted by Crippen LogP contribution is -2.20. The van der Waals surface area contributed by atoms with Crippen LogP contribution in [0, 0.1) is 4.77 Å². The molecule has 0 saturated heterocycles. The molecule has 0 spiro atoms. The number of aromatic amines is 1. The molecular weight excluding hydrogens is 384 g/mol. The first-order valence-corrected chi connectivity index (χ1v) is 9.63. The van der Waals surface area contributed by atoms with Gasteiger partial charge in [-0.1, -0.05) is 48.5 Å². The topological polar surface area (TPSA) is 75.8 Å². The van der Waals surface area contributed by atoms with Gasteiger partial charge in [-0.2, -0.15) is 0 Å². The van der Waals surface area contributed by atoms with Crippen LogP contribution in [-0.2, 0) is 19.5 Å². The summed E-state index contributed by atoms with van der Waals surface area (Å²) >= 11 is 5.16. The van der Waals surface area contributed by atoms with Crippen molar-refractivity contribution in [1.82, 2.24) is 19.1 Å². The van der Waals surface area contributed by atoms with Crippen LogP contribution in [0.25, 0.3) is 11.0 Å². The number of aromatic hydroxyl groups is 1. The van der Waals surface area contributed by atoms with Crippen LogP contribution in [0.5, 0.6) is 5.88 Å². The summed E-state index contributed by atoms with van der Waals surface area (Å²) in [6.07, 6.45) is 1.79. The van der Waals surface area contributed by atoms with Crippen molar-refractivity contribution in [3.63, 3.8) is 0 Å². The molecule has 7 heteroatoms. The summed E-state index contributed by atoms with van der Waals surface area (Å²) in [5, 5.41) is 10.7. The molecular formula is C22H20N4O2S.